The van der Waals surface area contributed by atoms with Crippen LogP contribution in [0.2, 0.25) is 0 Å². The van der Waals surface area contributed by atoms with Gasteiger partial charge in [0.05, 0.1) is 6.61 Å². The summed E-state index contributed by atoms with van der Waals surface area (Å²) < 4.78 is 20.0. The van der Waals surface area contributed by atoms with Crippen molar-refractivity contribution < 1.29 is 9.13 Å². The van der Waals surface area contributed by atoms with Crippen molar-refractivity contribution in [2.24, 2.45) is 10.9 Å². The van der Waals surface area contributed by atoms with Crippen LogP contribution < -0.4 is 10.6 Å². The lowest BCUT2D eigenvalue weighted by atomic mass is 10.1. The Morgan fingerprint density at radius 2 is 2.13 bits per heavy atom. The lowest BCUT2D eigenvalue weighted by Gasteiger charge is -2.12. The van der Waals surface area contributed by atoms with Crippen LogP contribution in [0.1, 0.15) is 24.8 Å². The molecule has 0 spiro atoms. The van der Waals surface area contributed by atoms with Crippen LogP contribution in [0.3, 0.4) is 0 Å². The van der Waals surface area contributed by atoms with E-state index in [4.69, 9.17) is 4.74 Å². The molecule has 1 fully saturated rings. The molecule has 6 heteroatoms. The van der Waals surface area contributed by atoms with Gasteiger partial charge in [-0.05, 0) is 49.3 Å². The average molecular weight is 386 g/mol. The first-order valence-corrected chi connectivity index (χ1v) is 8.94. The molecule has 1 aromatic rings. The van der Waals surface area contributed by atoms with Gasteiger partial charge in [-0.2, -0.15) is 0 Å². The highest BCUT2D eigenvalue weighted by Crippen LogP contribution is 2.28. The number of hydrogen-bond donors (Lipinski definition) is 2. The quantitative estimate of drug-likeness (QED) is 0.390. The van der Waals surface area contributed by atoms with E-state index >= 15 is 0 Å². The fourth-order valence-corrected chi connectivity index (χ4v) is 2.54. The maximum atomic E-state index is 13.7. The fourth-order valence-electron chi connectivity index (χ4n) is 2.21. The lowest BCUT2D eigenvalue weighted by Crippen LogP contribution is -2.39. The van der Waals surface area contributed by atoms with Crippen LogP contribution in [0.25, 0.3) is 0 Å². The van der Waals surface area contributed by atoms with E-state index in [2.05, 4.69) is 31.6 Å². The van der Waals surface area contributed by atoms with Gasteiger partial charge in [0.2, 0.25) is 0 Å². The SMILES string of the molecule is CN=C(NCCCc1ccc(Br)cc1F)NCCOCC1CC1. The smallest absolute Gasteiger partial charge is 0.191 e. The number of aliphatic imine (C=N–C) groups is 1. The van der Waals surface area contributed by atoms with Crippen molar-refractivity contribution in [3.8, 4) is 0 Å². The molecule has 2 rings (SSSR count). The van der Waals surface area contributed by atoms with Crippen molar-refractivity contribution in [1.82, 2.24) is 10.6 Å². The Labute approximate surface area is 146 Å². The third kappa shape index (κ3) is 7.31. The molecule has 0 amide bonds. The Balaban J connectivity index is 1.55. The number of nitrogens with zero attached hydrogens (tertiary/aromatic N) is 1. The summed E-state index contributed by atoms with van der Waals surface area (Å²) in [5.74, 6) is 1.40. The number of aryl methyl sites for hydroxylation is 1. The number of halogens is 2. The van der Waals surface area contributed by atoms with E-state index in [9.17, 15) is 4.39 Å². The number of nitrogens with one attached hydrogen (secondary N) is 2. The molecule has 0 bridgehead atoms. The van der Waals surface area contributed by atoms with Crippen molar-refractivity contribution in [2.45, 2.75) is 25.7 Å². The van der Waals surface area contributed by atoms with Gasteiger partial charge in [0, 0.05) is 31.2 Å². The van der Waals surface area contributed by atoms with E-state index in [0.29, 0.717) is 13.0 Å². The van der Waals surface area contributed by atoms with E-state index in [-0.39, 0.29) is 5.82 Å². The van der Waals surface area contributed by atoms with Crippen LogP contribution >= 0.6 is 15.9 Å². The molecule has 2 N–H and O–H groups in total. The summed E-state index contributed by atoms with van der Waals surface area (Å²) in [5, 5.41) is 6.45. The minimum absolute atomic E-state index is 0.158. The van der Waals surface area contributed by atoms with Gasteiger partial charge in [-0.3, -0.25) is 4.99 Å². The molecule has 0 aromatic heterocycles. The van der Waals surface area contributed by atoms with Crippen molar-refractivity contribution >= 4 is 21.9 Å². The number of hydrogen-bond acceptors (Lipinski definition) is 2. The Morgan fingerprint density at radius 1 is 1.35 bits per heavy atom. The van der Waals surface area contributed by atoms with Gasteiger partial charge in [0.1, 0.15) is 5.82 Å². The molecule has 1 aliphatic carbocycles. The minimum Gasteiger partial charge on any atom is -0.379 e. The number of guanidine groups is 1. The van der Waals surface area contributed by atoms with Crippen molar-refractivity contribution in [3.05, 3.63) is 34.1 Å². The minimum atomic E-state index is -0.158. The van der Waals surface area contributed by atoms with E-state index in [1.165, 1.54) is 18.9 Å². The summed E-state index contributed by atoms with van der Waals surface area (Å²) >= 11 is 3.27. The molecule has 1 aliphatic rings. The van der Waals surface area contributed by atoms with Gasteiger partial charge in [-0.15, -0.1) is 0 Å². The summed E-state index contributed by atoms with van der Waals surface area (Å²) in [6.07, 6.45) is 4.18. The maximum absolute atomic E-state index is 13.7. The summed E-state index contributed by atoms with van der Waals surface area (Å²) in [6, 6.07) is 5.20. The number of benzene rings is 1. The molecular weight excluding hydrogens is 361 g/mol. The van der Waals surface area contributed by atoms with Gasteiger partial charge < -0.3 is 15.4 Å². The molecule has 0 heterocycles. The van der Waals surface area contributed by atoms with Gasteiger partial charge in [-0.25, -0.2) is 4.39 Å². The third-order valence-corrected chi connectivity index (χ3v) is 4.24. The Kier molecular flexibility index (Phi) is 7.82. The molecule has 4 nitrogen and oxygen atoms in total. The summed E-state index contributed by atoms with van der Waals surface area (Å²) in [5.41, 5.74) is 0.742. The van der Waals surface area contributed by atoms with E-state index in [0.717, 1.165) is 48.0 Å². The maximum Gasteiger partial charge on any atom is 0.191 e. The molecule has 1 saturated carbocycles. The summed E-state index contributed by atoms with van der Waals surface area (Å²) in [4.78, 5) is 4.17. The monoisotopic (exact) mass is 385 g/mol. The van der Waals surface area contributed by atoms with Crippen LogP contribution in [0, 0.1) is 11.7 Å². The normalized spacial score (nSPS) is 14.8. The lowest BCUT2D eigenvalue weighted by molar-refractivity contribution is 0.129. The highest BCUT2D eigenvalue weighted by molar-refractivity contribution is 9.10. The topological polar surface area (TPSA) is 45.7 Å². The van der Waals surface area contributed by atoms with Gasteiger partial charge in [0.25, 0.3) is 0 Å². The summed E-state index contributed by atoms with van der Waals surface area (Å²) in [7, 11) is 1.74. The first-order valence-electron chi connectivity index (χ1n) is 8.15. The second kappa shape index (κ2) is 9.88. The van der Waals surface area contributed by atoms with Crippen LogP contribution in [0.4, 0.5) is 4.39 Å². The predicted molar refractivity (Wildman–Crippen MR) is 95.3 cm³/mol. The highest BCUT2D eigenvalue weighted by atomic mass is 79.9. The van der Waals surface area contributed by atoms with Gasteiger partial charge >= 0.3 is 0 Å². The molecule has 0 radical (unpaired) electrons. The zero-order valence-corrected chi connectivity index (χ0v) is 15.2. The zero-order valence-electron chi connectivity index (χ0n) is 13.6. The van der Waals surface area contributed by atoms with Crippen LogP contribution in [-0.4, -0.2) is 39.3 Å². The summed E-state index contributed by atoms with van der Waals surface area (Å²) in [6.45, 7) is 3.07. The van der Waals surface area contributed by atoms with Crippen molar-refractivity contribution in [1.29, 1.82) is 0 Å². The van der Waals surface area contributed by atoms with Crippen LogP contribution in [0.15, 0.2) is 27.7 Å². The molecule has 23 heavy (non-hydrogen) atoms. The largest absolute Gasteiger partial charge is 0.379 e. The second-order valence-corrected chi connectivity index (χ2v) is 6.70. The molecule has 128 valence electrons. The Morgan fingerprint density at radius 3 is 2.83 bits per heavy atom. The van der Waals surface area contributed by atoms with Gasteiger partial charge in [-0.1, -0.05) is 22.0 Å². The number of ether oxygens (including phenoxy) is 1. The number of rotatable bonds is 9. The molecule has 0 atom stereocenters. The molecular formula is C17H25BrFN3O. The predicted octanol–water partition coefficient (Wildman–Crippen LogP) is 3.11. The first kappa shape index (κ1) is 18.2. The molecule has 0 saturated heterocycles. The fraction of sp³-hybridized carbons (Fsp3) is 0.588. The Hall–Kier alpha value is -1.14. The first-order chi connectivity index (χ1) is 11.2. The molecule has 0 unspecified atom stereocenters. The highest BCUT2D eigenvalue weighted by Gasteiger charge is 2.20. The van der Waals surface area contributed by atoms with Crippen LogP contribution in [0.5, 0.6) is 0 Å². The standard InChI is InChI=1S/C17H25BrFN3O/c1-20-17(22-9-10-23-12-13-4-5-13)21-8-2-3-14-6-7-15(18)11-16(14)19/h6-7,11,13H,2-5,8-10,12H2,1H3,(H2,20,21,22). The zero-order chi connectivity index (χ0) is 16.5. The Bertz CT molecular complexity index is 521. The van der Waals surface area contributed by atoms with Crippen LogP contribution in [-0.2, 0) is 11.2 Å². The van der Waals surface area contributed by atoms with Crippen molar-refractivity contribution in [3.63, 3.8) is 0 Å². The van der Waals surface area contributed by atoms with E-state index in [1.807, 2.05) is 12.1 Å². The molecule has 0 aliphatic heterocycles. The second-order valence-electron chi connectivity index (χ2n) is 5.78. The van der Waals surface area contributed by atoms with E-state index in [1.54, 1.807) is 7.05 Å². The molecule has 1 aromatic carbocycles. The van der Waals surface area contributed by atoms with Gasteiger partial charge in [0.15, 0.2) is 5.96 Å². The van der Waals surface area contributed by atoms with Crippen molar-refractivity contribution in [2.75, 3.05) is 33.4 Å². The van der Waals surface area contributed by atoms with E-state index < -0.39 is 0 Å². The third-order valence-electron chi connectivity index (χ3n) is 3.74. The average Bonchev–Trinajstić information content (AvgIpc) is 3.35.